The van der Waals surface area contributed by atoms with Gasteiger partial charge in [0.25, 0.3) is 0 Å². The van der Waals surface area contributed by atoms with Crippen LogP contribution in [0.25, 0.3) is 0 Å². The molecule has 1 aromatic rings. The molecule has 0 saturated carbocycles. The van der Waals surface area contributed by atoms with Crippen LogP contribution in [0.1, 0.15) is 34.6 Å². The van der Waals surface area contributed by atoms with Crippen molar-refractivity contribution < 1.29 is 18.0 Å². The molecule has 0 aromatic carbocycles. The van der Waals surface area contributed by atoms with Gasteiger partial charge in [-0.1, -0.05) is 0 Å². The summed E-state index contributed by atoms with van der Waals surface area (Å²) in [6.45, 7) is 3.18. The van der Waals surface area contributed by atoms with E-state index < -0.39 is 24.8 Å². The average molecular weight is 232 g/mol. The zero-order chi connectivity index (χ0) is 12.3. The summed E-state index contributed by atoms with van der Waals surface area (Å²) in [7, 11) is 0. The van der Waals surface area contributed by atoms with Crippen molar-refractivity contribution in [1.82, 2.24) is 10.2 Å². The van der Waals surface area contributed by atoms with Crippen LogP contribution < -0.4 is 0 Å². The number of aryl methyl sites for hydroxylation is 2. The Morgan fingerprint density at radius 1 is 1.31 bits per heavy atom. The monoisotopic (exact) mass is 232 g/mol. The SMILES string of the molecule is Cc1cc(C(=O)CCC(F)(F)F)c(C)nn1. The van der Waals surface area contributed by atoms with E-state index in [1.807, 2.05) is 0 Å². The van der Waals surface area contributed by atoms with Crippen LogP contribution in [0.3, 0.4) is 0 Å². The van der Waals surface area contributed by atoms with Crippen molar-refractivity contribution in [3.8, 4) is 0 Å². The van der Waals surface area contributed by atoms with E-state index in [0.29, 0.717) is 11.4 Å². The van der Waals surface area contributed by atoms with Crippen LogP contribution in [0.2, 0.25) is 0 Å². The lowest BCUT2D eigenvalue weighted by Gasteiger charge is -2.06. The molecule has 0 atom stereocenters. The number of halogens is 3. The van der Waals surface area contributed by atoms with Crippen molar-refractivity contribution >= 4 is 5.78 Å². The summed E-state index contributed by atoms with van der Waals surface area (Å²) in [5, 5.41) is 7.40. The quantitative estimate of drug-likeness (QED) is 0.752. The number of alkyl halides is 3. The number of carbonyl (C=O) groups is 1. The Labute approximate surface area is 90.7 Å². The van der Waals surface area contributed by atoms with Crippen LogP contribution >= 0.6 is 0 Å². The molecule has 3 nitrogen and oxygen atoms in total. The van der Waals surface area contributed by atoms with Gasteiger partial charge in [-0.25, -0.2) is 0 Å². The molecule has 6 heteroatoms. The summed E-state index contributed by atoms with van der Waals surface area (Å²) in [4.78, 5) is 11.5. The molecule has 0 unspecified atom stereocenters. The zero-order valence-corrected chi connectivity index (χ0v) is 8.93. The first-order chi connectivity index (χ1) is 7.29. The van der Waals surface area contributed by atoms with Gasteiger partial charge in [0.1, 0.15) is 0 Å². The number of ketones is 1. The van der Waals surface area contributed by atoms with Gasteiger partial charge in [-0.05, 0) is 19.9 Å². The van der Waals surface area contributed by atoms with Crippen molar-refractivity contribution in [2.45, 2.75) is 32.9 Å². The molecule has 0 spiro atoms. The van der Waals surface area contributed by atoms with Gasteiger partial charge in [-0.2, -0.15) is 23.4 Å². The van der Waals surface area contributed by atoms with Crippen LogP contribution in [-0.2, 0) is 0 Å². The van der Waals surface area contributed by atoms with Crippen LogP contribution in [-0.4, -0.2) is 22.2 Å². The minimum absolute atomic E-state index is 0.219. The molecule has 0 aliphatic rings. The summed E-state index contributed by atoms with van der Waals surface area (Å²) >= 11 is 0. The molecule has 0 aliphatic heterocycles. The zero-order valence-electron chi connectivity index (χ0n) is 8.93. The molecule has 0 fully saturated rings. The summed E-state index contributed by atoms with van der Waals surface area (Å²) in [5.74, 6) is -0.548. The highest BCUT2D eigenvalue weighted by atomic mass is 19.4. The van der Waals surface area contributed by atoms with E-state index in [2.05, 4.69) is 10.2 Å². The number of rotatable bonds is 3. The molecule has 0 radical (unpaired) electrons. The summed E-state index contributed by atoms with van der Waals surface area (Å²) in [6, 6.07) is 1.46. The molecule has 0 N–H and O–H groups in total. The first-order valence-electron chi connectivity index (χ1n) is 4.70. The number of hydrogen-bond acceptors (Lipinski definition) is 3. The van der Waals surface area contributed by atoms with E-state index in [1.54, 1.807) is 13.8 Å². The molecular weight excluding hydrogens is 221 g/mol. The fourth-order valence-electron chi connectivity index (χ4n) is 1.22. The number of Topliss-reactive ketones (excluding diaryl/α,β-unsaturated/α-hetero) is 1. The topological polar surface area (TPSA) is 42.9 Å². The summed E-state index contributed by atoms with van der Waals surface area (Å²) in [5.41, 5.74) is 1.09. The number of nitrogens with zero attached hydrogens (tertiary/aromatic N) is 2. The lowest BCUT2D eigenvalue weighted by Crippen LogP contribution is -2.12. The van der Waals surface area contributed by atoms with Gasteiger partial charge in [0.2, 0.25) is 0 Å². The van der Waals surface area contributed by atoms with E-state index in [-0.39, 0.29) is 5.56 Å². The fraction of sp³-hybridized carbons (Fsp3) is 0.500. The van der Waals surface area contributed by atoms with Gasteiger partial charge in [0, 0.05) is 12.0 Å². The number of carbonyl (C=O) groups excluding carboxylic acids is 1. The number of aromatic nitrogens is 2. The van der Waals surface area contributed by atoms with Crippen LogP contribution in [0.5, 0.6) is 0 Å². The molecule has 88 valence electrons. The van der Waals surface area contributed by atoms with Crippen LogP contribution in [0.15, 0.2) is 6.07 Å². The van der Waals surface area contributed by atoms with Crippen molar-refractivity contribution in [1.29, 1.82) is 0 Å². The van der Waals surface area contributed by atoms with E-state index in [1.165, 1.54) is 6.07 Å². The van der Waals surface area contributed by atoms with E-state index in [4.69, 9.17) is 0 Å². The maximum absolute atomic E-state index is 11.9. The normalized spacial score (nSPS) is 11.6. The van der Waals surface area contributed by atoms with Gasteiger partial charge < -0.3 is 0 Å². The second-order valence-electron chi connectivity index (χ2n) is 3.52. The molecular formula is C10H11F3N2O. The molecule has 0 bridgehead atoms. The highest BCUT2D eigenvalue weighted by Gasteiger charge is 2.28. The van der Waals surface area contributed by atoms with Gasteiger partial charge in [-0.15, -0.1) is 0 Å². The molecule has 0 amide bonds. The third-order valence-electron chi connectivity index (χ3n) is 2.04. The third kappa shape index (κ3) is 3.60. The van der Waals surface area contributed by atoms with Crippen molar-refractivity contribution in [3.05, 3.63) is 23.0 Å². The lowest BCUT2D eigenvalue weighted by atomic mass is 10.1. The molecule has 1 aromatic heterocycles. The largest absolute Gasteiger partial charge is 0.389 e. The molecule has 1 rings (SSSR count). The van der Waals surface area contributed by atoms with Gasteiger partial charge in [-0.3, -0.25) is 4.79 Å². The predicted molar refractivity (Wildman–Crippen MR) is 51.1 cm³/mol. The van der Waals surface area contributed by atoms with Crippen LogP contribution in [0.4, 0.5) is 13.2 Å². The predicted octanol–water partition coefficient (Wildman–Crippen LogP) is 2.62. The maximum Gasteiger partial charge on any atom is 0.389 e. The maximum atomic E-state index is 11.9. The van der Waals surface area contributed by atoms with Gasteiger partial charge in [0.05, 0.1) is 17.8 Å². The van der Waals surface area contributed by atoms with E-state index >= 15 is 0 Å². The van der Waals surface area contributed by atoms with Crippen LogP contribution in [0, 0.1) is 13.8 Å². The van der Waals surface area contributed by atoms with Crippen molar-refractivity contribution in [2.75, 3.05) is 0 Å². The van der Waals surface area contributed by atoms with Gasteiger partial charge >= 0.3 is 6.18 Å². The smallest absolute Gasteiger partial charge is 0.294 e. The highest BCUT2D eigenvalue weighted by Crippen LogP contribution is 2.23. The minimum atomic E-state index is -4.31. The Morgan fingerprint density at radius 3 is 2.50 bits per heavy atom. The first-order valence-corrected chi connectivity index (χ1v) is 4.70. The van der Waals surface area contributed by atoms with E-state index in [9.17, 15) is 18.0 Å². The Balaban J connectivity index is 2.77. The van der Waals surface area contributed by atoms with Crippen molar-refractivity contribution in [2.24, 2.45) is 0 Å². The van der Waals surface area contributed by atoms with Gasteiger partial charge in [0.15, 0.2) is 5.78 Å². The lowest BCUT2D eigenvalue weighted by molar-refractivity contribution is -0.133. The Kier molecular flexibility index (Phi) is 3.62. The Bertz CT molecular complexity index is 402. The highest BCUT2D eigenvalue weighted by molar-refractivity contribution is 5.97. The average Bonchev–Trinajstić information content (AvgIpc) is 2.17. The second kappa shape index (κ2) is 4.59. The Hall–Kier alpha value is -1.46. The summed E-state index contributed by atoms with van der Waals surface area (Å²) < 4.78 is 35.8. The Morgan fingerprint density at radius 2 is 1.94 bits per heavy atom. The fourth-order valence-corrected chi connectivity index (χ4v) is 1.22. The first kappa shape index (κ1) is 12.6. The third-order valence-corrected chi connectivity index (χ3v) is 2.04. The number of hydrogen-bond donors (Lipinski definition) is 0. The minimum Gasteiger partial charge on any atom is -0.294 e. The molecule has 1 heterocycles. The molecule has 0 aliphatic carbocycles. The molecule has 0 saturated heterocycles. The summed E-state index contributed by atoms with van der Waals surface area (Å²) in [6.07, 6.45) is -5.96. The van der Waals surface area contributed by atoms with Crippen molar-refractivity contribution in [3.63, 3.8) is 0 Å². The second-order valence-corrected chi connectivity index (χ2v) is 3.52. The molecule has 16 heavy (non-hydrogen) atoms. The van der Waals surface area contributed by atoms with E-state index in [0.717, 1.165) is 0 Å². The standard InChI is InChI=1S/C10H11F3N2O/c1-6-5-8(7(2)15-14-6)9(16)3-4-10(11,12)13/h5H,3-4H2,1-2H3.